The molecule has 2 aromatic rings. The Morgan fingerprint density at radius 3 is 2.00 bits per heavy atom. The van der Waals surface area contributed by atoms with Crippen molar-refractivity contribution in [1.82, 2.24) is 10.6 Å². The number of alkyl halides is 3. The Balaban J connectivity index is 2.23. The molecule has 188 valence electrons. The predicted molar refractivity (Wildman–Crippen MR) is 126 cm³/mol. The molecule has 6 nitrogen and oxygen atoms in total. The van der Waals surface area contributed by atoms with Crippen LogP contribution in [0.2, 0.25) is 0 Å². The van der Waals surface area contributed by atoms with Crippen molar-refractivity contribution in [3.05, 3.63) is 77.9 Å². The van der Waals surface area contributed by atoms with Crippen LogP contribution in [0.25, 0.3) is 6.08 Å². The number of benzene rings is 2. The van der Waals surface area contributed by atoms with Crippen LogP contribution in [0.4, 0.5) is 13.2 Å². The van der Waals surface area contributed by atoms with Gasteiger partial charge in [-0.25, -0.2) is 4.79 Å². The number of carbonyl (C=O) groups is 3. The molecular formula is C26H29F3N2O4. The molecule has 2 aromatic carbocycles. The average molecular weight is 491 g/mol. The third-order valence-corrected chi connectivity index (χ3v) is 4.65. The van der Waals surface area contributed by atoms with Crippen LogP contribution in [0.1, 0.15) is 38.3 Å². The van der Waals surface area contributed by atoms with Gasteiger partial charge in [-0.2, -0.15) is 13.2 Å². The Kier molecular flexibility index (Phi) is 9.62. The number of rotatable bonds is 9. The number of nitrogens with one attached hydrogen (secondary N) is 2. The van der Waals surface area contributed by atoms with E-state index in [4.69, 9.17) is 4.74 Å². The third-order valence-electron chi connectivity index (χ3n) is 4.65. The van der Waals surface area contributed by atoms with E-state index in [0.717, 1.165) is 5.56 Å². The number of hydrogen-bond acceptors (Lipinski definition) is 4. The normalized spacial score (nSPS) is 13.7. The highest BCUT2D eigenvalue weighted by atomic mass is 19.4. The quantitative estimate of drug-likeness (QED) is 0.516. The topological polar surface area (TPSA) is 84.5 Å². The molecular weight excluding hydrogens is 461 g/mol. The van der Waals surface area contributed by atoms with Gasteiger partial charge in [0.05, 0.1) is 0 Å². The molecule has 2 rings (SSSR count). The lowest BCUT2D eigenvalue weighted by atomic mass is 10.0. The van der Waals surface area contributed by atoms with E-state index < -0.39 is 41.6 Å². The van der Waals surface area contributed by atoms with Crippen LogP contribution in [0.3, 0.4) is 0 Å². The SMILES string of the molecule is CC(C)(C)OC(=O)[C@@H](C/C=C/c1ccccc1)NC(=O)[C@H](Cc1ccccc1)NC(=O)C(F)(F)F. The second-order valence-electron chi connectivity index (χ2n) is 8.86. The van der Waals surface area contributed by atoms with E-state index in [2.05, 4.69) is 5.32 Å². The molecule has 2 amide bonds. The zero-order chi connectivity index (χ0) is 26.1. The Hall–Kier alpha value is -3.62. The number of hydrogen-bond donors (Lipinski definition) is 2. The Morgan fingerprint density at radius 1 is 0.886 bits per heavy atom. The smallest absolute Gasteiger partial charge is 0.458 e. The van der Waals surface area contributed by atoms with E-state index >= 15 is 0 Å². The second kappa shape index (κ2) is 12.2. The van der Waals surface area contributed by atoms with E-state index in [0.29, 0.717) is 5.56 Å². The van der Waals surface area contributed by atoms with Gasteiger partial charge < -0.3 is 15.4 Å². The summed E-state index contributed by atoms with van der Waals surface area (Å²) < 4.78 is 44.0. The van der Waals surface area contributed by atoms with Gasteiger partial charge >= 0.3 is 18.1 Å². The molecule has 0 saturated heterocycles. The van der Waals surface area contributed by atoms with Gasteiger partial charge in [0, 0.05) is 6.42 Å². The number of esters is 1. The number of halogens is 3. The summed E-state index contributed by atoms with van der Waals surface area (Å²) in [5.74, 6) is -3.93. The van der Waals surface area contributed by atoms with Crippen LogP contribution >= 0.6 is 0 Å². The molecule has 35 heavy (non-hydrogen) atoms. The van der Waals surface area contributed by atoms with Crippen LogP contribution in [-0.2, 0) is 25.5 Å². The predicted octanol–water partition coefficient (Wildman–Crippen LogP) is 4.21. The van der Waals surface area contributed by atoms with Crippen LogP contribution < -0.4 is 10.6 Å². The molecule has 0 fully saturated rings. The van der Waals surface area contributed by atoms with Gasteiger partial charge in [0.2, 0.25) is 5.91 Å². The molecule has 0 unspecified atom stereocenters. The summed E-state index contributed by atoms with van der Waals surface area (Å²) in [6, 6.07) is 14.8. The maximum atomic E-state index is 13.0. The molecule has 2 atom stereocenters. The molecule has 0 radical (unpaired) electrons. The van der Waals surface area contributed by atoms with Crippen molar-refractivity contribution in [1.29, 1.82) is 0 Å². The summed E-state index contributed by atoms with van der Waals surface area (Å²) in [6.07, 6.45) is -1.94. The fraction of sp³-hybridized carbons (Fsp3) is 0.346. The molecule has 0 aromatic heterocycles. The molecule has 0 aliphatic carbocycles. The van der Waals surface area contributed by atoms with Crippen molar-refractivity contribution in [2.24, 2.45) is 0 Å². The molecule has 0 saturated carbocycles. The van der Waals surface area contributed by atoms with Crippen LogP contribution in [-0.4, -0.2) is 41.6 Å². The van der Waals surface area contributed by atoms with Crippen molar-refractivity contribution >= 4 is 23.9 Å². The number of amides is 2. The van der Waals surface area contributed by atoms with Gasteiger partial charge in [-0.05, 0) is 38.3 Å². The molecule has 0 heterocycles. The molecule has 0 bridgehead atoms. The minimum Gasteiger partial charge on any atom is -0.458 e. The summed E-state index contributed by atoms with van der Waals surface area (Å²) in [5.41, 5.74) is 0.547. The molecule has 9 heteroatoms. The minimum atomic E-state index is -5.17. The highest BCUT2D eigenvalue weighted by Gasteiger charge is 2.41. The molecule has 0 spiro atoms. The lowest BCUT2D eigenvalue weighted by Crippen LogP contribution is -2.55. The average Bonchev–Trinajstić information content (AvgIpc) is 2.77. The fourth-order valence-corrected chi connectivity index (χ4v) is 3.06. The first-order chi connectivity index (χ1) is 16.3. The number of carbonyl (C=O) groups excluding carboxylic acids is 3. The summed E-state index contributed by atoms with van der Waals surface area (Å²) in [4.78, 5) is 37.3. The van der Waals surface area contributed by atoms with Gasteiger partial charge in [-0.1, -0.05) is 72.8 Å². The lowest BCUT2D eigenvalue weighted by molar-refractivity contribution is -0.174. The van der Waals surface area contributed by atoms with E-state index in [-0.39, 0.29) is 12.8 Å². The monoisotopic (exact) mass is 490 g/mol. The van der Waals surface area contributed by atoms with Gasteiger partial charge in [0.25, 0.3) is 0 Å². The summed E-state index contributed by atoms with van der Waals surface area (Å²) >= 11 is 0. The summed E-state index contributed by atoms with van der Waals surface area (Å²) in [5, 5.41) is 4.19. The zero-order valence-electron chi connectivity index (χ0n) is 19.8. The maximum Gasteiger partial charge on any atom is 0.471 e. The standard InChI is InChI=1S/C26H29F3N2O4/c1-25(2,3)35-23(33)20(16-10-15-18-11-6-4-7-12-18)30-22(32)21(31-24(34)26(27,28)29)17-19-13-8-5-9-14-19/h4-15,20-21H,16-17H2,1-3H3,(H,30,32)(H,31,34)/b15-10+/t20-,21+/m1/s1. The number of ether oxygens (including phenoxy) is 1. The third kappa shape index (κ3) is 10.0. The van der Waals surface area contributed by atoms with E-state index in [9.17, 15) is 27.6 Å². The van der Waals surface area contributed by atoms with Crippen LogP contribution in [0, 0.1) is 0 Å². The van der Waals surface area contributed by atoms with Crippen molar-refractivity contribution in [3.63, 3.8) is 0 Å². The molecule has 0 aliphatic rings. The van der Waals surface area contributed by atoms with Crippen LogP contribution in [0.5, 0.6) is 0 Å². The summed E-state index contributed by atoms with van der Waals surface area (Å²) in [7, 11) is 0. The Labute approximate surface area is 202 Å². The van der Waals surface area contributed by atoms with Gasteiger partial charge in [0.1, 0.15) is 17.7 Å². The van der Waals surface area contributed by atoms with Crippen molar-refractivity contribution < 1.29 is 32.3 Å². The van der Waals surface area contributed by atoms with Gasteiger partial charge in [-0.3, -0.25) is 9.59 Å². The van der Waals surface area contributed by atoms with Crippen molar-refractivity contribution in [3.8, 4) is 0 Å². The Bertz CT molecular complexity index is 1020. The zero-order valence-corrected chi connectivity index (χ0v) is 19.8. The first kappa shape index (κ1) is 27.6. The van der Waals surface area contributed by atoms with Gasteiger partial charge in [0.15, 0.2) is 0 Å². The first-order valence-electron chi connectivity index (χ1n) is 11.0. The molecule has 0 aliphatic heterocycles. The Morgan fingerprint density at radius 2 is 1.46 bits per heavy atom. The first-order valence-corrected chi connectivity index (χ1v) is 11.0. The lowest BCUT2D eigenvalue weighted by Gasteiger charge is -2.26. The van der Waals surface area contributed by atoms with Crippen molar-refractivity contribution in [2.75, 3.05) is 0 Å². The van der Waals surface area contributed by atoms with E-state index in [1.807, 2.05) is 30.3 Å². The highest BCUT2D eigenvalue weighted by molar-refractivity contribution is 5.92. The summed E-state index contributed by atoms with van der Waals surface area (Å²) in [6.45, 7) is 4.97. The molecule has 2 N–H and O–H groups in total. The van der Waals surface area contributed by atoms with Gasteiger partial charge in [-0.15, -0.1) is 0 Å². The second-order valence-corrected chi connectivity index (χ2v) is 8.86. The van der Waals surface area contributed by atoms with E-state index in [1.165, 1.54) is 0 Å². The highest BCUT2D eigenvalue weighted by Crippen LogP contribution is 2.16. The van der Waals surface area contributed by atoms with Crippen LogP contribution in [0.15, 0.2) is 66.7 Å². The fourth-order valence-electron chi connectivity index (χ4n) is 3.06. The van der Waals surface area contributed by atoms with E-state index in [1.54, 1.807) is 68.6 Å². The minimum absolute atomic E-state index is 0.0286. The van der Waals surface area contributed by atoms with Crippen molar-refractivity contribution in [2.45, 2.75) is 57.5 Å². The largest absolute Gasteiger partial charge is 0.471 e. The maximum absolute atomic E-state index is 13.0.